The fourth-order valence-corrected chi connectivity index (χ4v) is 22.6. The van der Waals surface area contributed by atoms with E-state index in [1.54, 1.807) is 12.2 Å². The topological polar surface area (TPSA) is 217 Å². The van der Waals surface area contributed by atoms with Crippen LogP contribution in [-0.4, -0.2) is 97.8 Å². The van der Waals surface area contributed by atoms with Gasteiger partial charge in [-0.2, -0.15) is 0 Å². The lowest BCUT2D eigenvalue weighted by atomic mass is 9.68. The highest BCUT2D eigenvalue weighted by atomic mass is 17.1. The number of ether oxygens (including phenoxy) is 6. The maximum absolute atomic E-state index is 12.8. The minimum Gasteiger partial charge on any atom is -0.462 e. The zero-order valence-electron chi connectivity index (χ0n) is 74.3. The molecule has 0 aromatic rings. The molecule has 0 aromatic heterocycles. The summed E-state index contributed by atoms with van der Waals surface area (Å²) in [5, 5.41) is 17.4. The van der Waals surface area contributed by atoms with Crippen LogP contribution in [0.15, 0.2) is 51.0 Å². The Kier molecular flexibility index (Phi) is 55.6. The summed E-state index contributed by atoms with van der Waals surface area (Å²) in [5.41, 5.74) is 0. The van der Waals surface area contributed by atoms with Gasteiger partial charge in [-0.25, -0.2) is 9.78 Å². The van der Waals surface area contributed by atoms with Crippen molar-refractivity contribution >= 4 is 37.5 Å². The first-order valence-corrected chi connectivity index (χ1v) is 48.4. The maximum atomic E-state index is 12.8. The number of esters is 4. The molecule has 0 spiro atoms. The number of hydrogen-bond donors (Lipinski definition) is 2. The summed E-state index contributed by atoms with van der Waals surface area (Å²) in [6.07, 6.45) is 76.6. The highest BCUT2D eigenvalue weighted by Gasteiger charge is 2.39. The van der Waals surface area contributed by atoms with Gasteiger partial charge >= 0.3 is 23.9 Å². The van der Waals surface area contributed by atoms with Crippen LogP contribution in [0.4, 0.5) is 0 Å². The number of unbranched alkanes of at least 4 members (excludes halogenated alkanes) is 6. The smallest absolute Gasteiger partial charge is 0.313 e. The first kappa shape index (κ1) is 102. The lowest BCUT2D eigenvalue weighted by Gasteiger charge is -2.38. The predicted octanol–water partition coefficient (Wildman–Crippen LogP) is 26.3. The van der Waals surface area contributed by atoms with Crippen LogP contribution in [0.2, 0.25) is 0 Å². The Labute approximate surface area is 706 Å². The van der Waals surface area contributed by atoms with E-state index in [-0.39, 0.29) is 84.2 Å². The number of hydrogen-bond acceptors (Lipinski definition) is 16. The molecule has 10 aliphatic carbocycles. The molecule has 2 atom stereocenters. The molecule has 0 bridgehead atoms. The zero-order chi connectivity index (χ0) is 83.9. The molecular formula is C100H172O16. The van der Waals surface area contributed by atoms with Gasteiger partial charge in [0.2, 0.25) is 0 Å². The number of carbonyl (C=O) groups excluding carboxylic acids is 6. The van der Waals surface area contributed by atoms with Gasteiger partial charge in [-0.15, -0.1) is 13.2 Å². The van der Waals surface area contributed by atoms with Crippen molar-refractivity contribution in [3.8, 4) is 0 Å². The van der Waals surface area contributed by atoms with Gasteiger partial charge in [0, 0.05) is 13.2 Å². The Morgan fingerprint density at radius 1 is 0.293 bits per heavy atom. The van der Waals surface area contributed by atoms with Crippen molar-refractivity contribution in [2.45, 2.75) is 437 Å². The van der Waals surface area contributed by atoms with E-state index in [1.807, 2.05) is 13.6 Å². The van der Waals surface area contributed by atoms with Crippen LogP contribution < -0.4 is 0 Å². The van der Waals surface area contributed by atoms with E-state index in [4.69, 9.17) is 48.5 Å². The van der Waals surface area contributed by atoms with Gasteiger partial charge in [0.25, 0.3) is 0 Å². The van der Waals surface area contributed by atoms with Crippen LogP contribution in [0.25, 0.3) is 0 Å². The van der Waals surface area contributed by atoms with Crippen LogP contribution in [0.3, 0.4) is 0 Å². The third kappa shape index (κ3) is 39.4. The first-order chi connectivity index (χ1) is 56.7. The predicted molar refractivity (Wildman–Crippen MR) is 468 cm³/mol. The molecule has 10 fully saturated rings. The highest BCUT2D eigenvalue weighted by Crippen LogP contribution is 2.47. The quantitative estimate of drug-likeness (QED) is 0.0111. The van der Waals surface area contributed by atoms with E-state index < -0.39 is 0 Å². The molecule has 0 aromatic carbocycles. The monoisotopic (exact) mass is 1630 g/mol. The van der Waals surface area contributed by atoms with Gasteiger partial charge in [-0.1, -0.05) is 181 Å². The van der Waals surface area contributed by atoms with Crippen molar-refractivity contribution in [1.82, 2.24) is 0 Å². The molecular weight excluding hydrogens is 1460 g/mol. The minimum atomic E-state index is -0.290. The van der Waals surface area contributed by atoms with Gasteiger partial charge in [-0.05, 0) is 315 Å². The summed E-state index contributed by atoms with van der Waals surface area (Å²) < 4.78 is 33.9. The van der Waals surface area contributed by atoms with E-state index in [1.165, 1.54) is 244 Å². The molecule has 2 unspecified atom stereocenters. The lowest BCUT2D eigenvalue weighted by molar-refractivity contribution is -0.267. The summed E-state index contributed by atoms with van der Waals surface area (Å²) in [6.45, 7) is 28.9. The van der Waals surface area contributed by atoms with Crippen molar-refractivity contribution < 1.29 is 77.5 Å². The summed E-state index contributed by atoms with van der Waals surface area (Å²) in [6, 6.07) is 0. The maximum Gasteiger partial charge on any atom is 0.313 e. The first-order valence-electron chi connectivity index (χ1n) is 48.4. The molecule has 116 heavy (non-hydrogen) atoms. The van der Waals surface area contributed by atoms with Crippen LogP contribution in [0, 0.1) is 94.7 Å². The second kappa shape index (κ2) is 63.0. The van der Waals surface area contributed by atoms with E-state index >= 15 is 0 Å². The van der Waals surface area contributed by atoms with Crippen molar-refractivity contribution in [2.24, 2.45) is 94.7 Å². The molecule has 668 valence electrons. The summed E-state index contributed by atoms with van der Waals surface area (Å²) >= 11 is 0. The van der Waals surface area contributed by atoms with Gasteiger partial charge in [0.1, 0.15) is 38.0 Å². The van der Waals surface area contributed by atoms with E-state index in [0.717, 1.165) is 225 Å². The van der Waals surface area contributed by atoms with Gasteiger partial charge in [0.15, 0.2) is 0 Å². The molecule has 2 N–H and O–H groups in total. The summed E-state index contributed by atoms with van der Waals surface area (Å²) in [4.78, 5) is 73.7. The Balaban J connectivity index is 0.000000279. The Hall–Kier alpha value is -4.06. The lowest BCUT2D eigenvalue weighted by Crippen LogP contribution is -2.33. The fraction of sp³-hybridized carbons (Fsp3) is 0.860. The van der Waals surface area contributed by atoms with Crippen LogP contribution in [-0.2, 0) is 67.0 Å². The third-order valence-corrected chi connectivity index (χ3v) is 30.0. The van der Waals surface area contributed by atoms with E-state index in [0.29, 0.717) is 0 Å². The second-order valence-corrected chi connectivity index (χ2v) is 37.5. The Morgan fingerprint density at radius 3 is 0.784 bits per heavy atom. The molecule has 10 rings (SSSR count). The molecule has 16 heteroatoms. The van der Waals surface area contributed by atoms with Gasteiger partial charge in [0.05, 0.1) is 48.4 Å². The third-order valence-electron chi connectivity index (χ3n) is 30.0. The zero-order valence-corrected chi connectivity index (χ0v) is 74.3. The van der Waals surface area contributed by atoms with Crippen molar-refractivity contribution in [1.29, 1.82) is 0 Å². The fourth-order valence-electron chi connectivity index (χ4n) is 22.6. The molecule has 16 nitrogen and oxygen atoms in total. The Morgan fingerprint density at radius 2 is 0.534 bits per heavy atom. The van der Waals surface area contributed by atoms with Crippen LogP contribution in [0.1, 0.15) is 400 Å². The molecule has 0 radical (unpaired) electrons. The minimum absolute atomic E-state index is 0.0430. The van der Waals surface area contributed by atoms with Gasteiger partial charge in [-0.3, -0.25) is 29.7 Å². The number of rotatable bonds is 40. The molecule has 0 saturated heterocycles. The number of carbonyl (C=O) groups is 6. The molecule has 0 aliphatic heterocycles. The van der Waals surface area contributed by atoms with Crippen molar-refractivity contribution in [3.63, 3.8) is 0 Å². The standard InChI is InChI=1S/C31H54O5.C29H50O5.C20H34O2.C18H30O2.2CH2O/c1-3-5-6-9-24-11-13-25(14-12-24)26-15-21-30(22-16-26)35-31(32)27-17-19-29(20-18-27)34-23-8-7-10-28(4-2)36-33;1-3-7-22-9-11-23(12-10-22)24-13-19-28(20-14-24)33-29(30)25-15-17-27(18-16-25)32-21-6-5-8-26(4-2)34-31;1-3-5-6-7-16-8-10-17(11-9-16)18-12-14-19(15-13-18)20(21)22-4-2;1-3-5-14-6-8-15(9-7-14)16-10-12-17(13-11-16)18(19)20-4-2;2*1-2/h4,24-30,33H,2-3,5-23H2,1H3;4,22-28,31H,2-3,5-21H2,1H3;4,16-19H,2-3,5-15H2,1H3;4,14-17H,2-3,5-13H2,1H3;2*1H2. The second-order valence-electron chi connectivity index (χ2n) is 37.5. The van der Waals surface area contributed by atoms with E-state index in [9.17, 15) is 19.2 Å². The SMILES string of the molecule is C=CC(CCCCOC1CCC(C(=O)OC2CCC(C3CCC(CCC)CC3)CC2)CC1)OO.C=CC(CCCCOC1CCC(C(=O)OC2CCC(C3CCC(CCCCC)CC3)CC2)CC1)OO.C=COC(=O)C1CCC(C2CCC(CCC)CC2)CC1.C=COC(=O)C1CCC(C2CCC(CCCCC)CC2)CC1.C=O.C=O. The Bertz CT molecular complexity index is 2520. The average molecular weight is 1630 g/mol. The highest BCUT2D eigenvalue weighted by molar-refractivity contribution is 5.74. The van der Waals surface area contributed by atoms with Crippen LogP contribution >= 0.6 is 0 Å². The van der Waals surface area contributed by atoms with Gasteiger partial charge < -0.3 is 38.0 Å². The van der Waals surface area contributed by atoms with Crippen molar-refractivity contribution in [2.75, 3.05) is 13.2 Å². The normalized spacial score (nSPS) is 31.8. The largest absolute Gasteiger partial charge is 0.462 e. The average Bonchev–Trinajstić information content (AvgIpc) is 0.860. The van der Waals surface area contributed by atoms with Crippen LogP contribution in [0.5, 0.6) is 0 Å². The van der Waals surface area contributed by atoms with E-state index in [2.05, 4.69) is 63.8 Å². The summed E-state index contributed by atoms with van der Waals surface area (Å²) in [7, 11) is 0. The molecule has 10 aliphatic rings. The summed E-state index contributed by atoms with van der Waals surface area (Å²) in [5.74, 6) is 11.5. The van der Waals surface area contributed by atoms with Crippen molar-refractivity contribution in [3.05, 3.63) is 51.0 Å². The molecule has 10 saturated carbocycles. The molecule has 0 amide bonds. The molecule has 0 heterocycles.